The molecule has 37 heavy (non-hydrogen) atoms. The van der Waals surface area contributed by atoms with E-state index in [1.807, 2.05) is 0 Å². The Morgan fingerprint density at radius 1 is 0.568 bits per heavy atom. The van der Waals surface area contributed by atoms with Crippen LogP contribution in [0.3, 0.4) is 0 Å². The van der Waals surface area contributed by atoms with Gasteiger partial charge in [0.2, 0.25) is 0 Å². The molecule has 0 aliphatic carbocycles. The lowest BCUT2D eigenvalue weighted by Crippen LogP contribution is -3.00. The van der Waals surface area contributed by atoms with Crippen LogP contribution in [0.25, 0.3) is 0 Å². The molecule has 0 amide bonds. The van der Waals surface area contributed by atoms with Gasteiger partial charge in [-0.1, -0.05) is 13.8 Å². The van der Waals surface area contributed by atoms with Gasteiger partial charge >= 0.3 is 0 Å². The van der Waals surface area contributed by atoms with Crippen LogP contribution in [0, 0.1) is 5.41 Å². The summed E-state index contributed by atoms with van der Waals surface area (Å²) in [5.41, 5.74) is 4.09. The van der Waals surface area contributed by atoms with E-state index in [0.29, 0.717) is 9.74 Å². The van der Waals surface area contributed by atoms with Crippen molar-refractivity contribution in [3.63, 3.8) is 0 Å². The average molecular weight is 574 g/mol. The van der Waals surface area contributed by atoms with Gasteiger partial charge in [0.05, 0.1) is 0 Å². The Morgan fingerprint density at radius 3 is 1.08 bits per heavy atom. The van der Waals surface area contributed by atoms with E-state index in [-0.39, 0.29) is 12.4 Å². The van der Waals surface area contributed by atoms with Gasteiger partial charge in [0.15, 0.2) is 4.32 Å². The fourth-order valence-corrected chi connectivity index (χ4v) is 14.9. The van der Waals surface area contributed by atoms with Crippen molar-refractivity contribution in [3.8, 4) is 0 Å². The van der Waals surface area contributed by atoms with Crippen molar-refractivity contribution in [3.05, 3.63) is 72.8 Å². The Kier molecular flexibility index (Phi) is 9.83. The predicted octanol–water partition coefficient (Wildman–Crippen LogP) is 2.97. The SMILES string of the molecule is CN(C)c1ccc([P+](c2ccc(N(C)C)cc2)(c2ccc(N(C)C)cc2)C2SCC(C)(C)CS2)cc1.[Cl-]. The van der Waals surface area contributed by atoms with Crippen LogP contribution in [0.5, 0.6) is 0 Å². The molecule has 0 N–H and O–H groups in total. The average Bonchev–Trinajstić information content (AvgIpc) is 2.86. The van der Waals surface area contributed by atoms with Gasteiger partial charge in [-0.3, -0.25) is 0 Å². The first kappa shape index (κ1) is 30.0. The van der Waals surface area contributed by atoms with E-state index in [9.17, 15) is 0 Å². The van der Waals surface area contributed by atoms with Crippen molar-refractivity contribution in [1.29, 1.82) is 0 Å². The molecule has 1 heterocycles. The van der Waals surface area contributed by atoms with E-state index in [1.165, 1.54) is 44.5 Å². The predicted molar refractivity (Wildman–Crippen MR) is 171 cm³/mol. The van der Waals surface area contributed by atoms with Gasteiger partial charge in [-0.2, -0.15) is 0 Å². The zero-order valence-electron chi connectivity index (χ0n) is 23.4. The van der Waals surface area contributed by atoms with Crippen molar-refractivity contribution in [1.82, 2.24) is 0 Å². The molecule has 0 aromatic heterocycles. The molecule has 1 aliphatic heterocycles. The van der Waals surface area contributed by atoms with Crippen LogP contribution in [0.2, 0.25) is 0 Å². The summed E-state index contributed by atoms with van der Waals surface area (Å²) in [6.45, 7) is 4.82. The highest BCUT2D eigenvalue weighted by molar-refractivity contribution is 8.30. The Bertz CT molecular complexity index is 1010. The van der Waals surface area contributed by atoms with Gasteiger partial charge in [-0.15, -0.1) is 23.5 Å². The lowest BCUT2D eigenvalue weighted by molar-refractivity contribution is -0.00000782. The summed E-state index contributed by atoms with van der Waals surface area (Å²) in [4.78, 5) is 6.57. The number of benzene rings is 3. The lowest BCUT2D eigenvalue weighted by atomic mass is 10.0. The van der Waals surface area contributed by atoms with Crippen molar-refractivity contribution in [2.75, 3.05) is 68.5 Å². The Labute approximate surface area is 240 Å². The number of hydrogen-bond donors (Lipinski definition) is 0. The first-order chi connectivity index (χ1) is 17.0. The molecule has 3 nitrogen and oxygen atoms in total. The van der Waals surface area contributed by atoms with Crippen LogP contribution in [-0.4, -0.2) is 58.1 Å². The molecule has 4 rings (SSSR count). The van der Waals surface area contributed by atoms with E-state index < -0.39 is 7.26 Å². The van der Waals surface area contributed by atoms with Crippen LogP contribution in [-0.2, 0) is 0 Å². The highest BCUT2D eigenvalue weighted by Crippen LogP contribution is 2.69. The highest BCUT2D eigenvalue weighted by Gasteiger charge is 2.55. The second-order valence-corrected chi connectivity index (χ2v) is 17.7. The van der Waals surface area contributed by atoms with Crippen molar-refractivity contribution in [2.24, 2.45) is 5.41 Å². The zero-order chi connectivity index (χ0) is 26.1. The number of rotatable bonds is 7. The van der Waals surface area contributed by atoms with Crippen LogP contribution >= 0.6 is 30.8 Å². The number of nitrogens with zero attached hydrogens (tertiary/aromatic N) is 3. The number of hydrogen-bond acceptors (Lipinski definition) is 5. The van der Waals surface area contributed by atoms with E-state index in [2.05, 4.69) is 167 Å². The second-order valence-electron chi connectivity index (χ2n) is 11.0. The standard InChI is InChI=1S/C30H41N3PS2.ClH/c1-30(2)21-35-29(36-22-30)34(26-15-9-23(10-16-26)31(3)4,27-17-11-24(12-18-27)32(5)6)28-19-13-25(14-20-28)33(7)8;/h9-20,29H,21-22H2,1-8H3;1H/q+1;/p-1. The first-order valence-corrected chi connectivity index (χ1v) is 16.5. The molecule has 7 heteroatoms. The van der Waals surface area contributed by atoms with E-state index in [0.717, 1.165) is 0 Å². The maximum absolute atomic E-state index is 2.41. The van der Waals surface area contributed by atoms with Gasteiger partial charge in [0, 0.05) is 70.9 Å². The highest BCUT2D eigenvalue weighted by atomic mass is 35.5. The zero-order valence-corrected chi connectivity index (χ0v) is 26.7. The summed E-state index contributed by atoms with van der Waals surface area (Å²) in [7, 11) is 10.7. The lowest BCUT2D eigenvalue weighted by Gasteiger charge is -2.40. The van der Waals surface area contributed by atoms with Crippen molar-refractivity contribution < 1.29 is 12.4 Å². The Morgan fingerprint density at radius 2 is 0.838 bits per heavy atom. The number of halogens is 1. The van der Waals surface area contributed by atoms with Gasteiger partial charge in [-0.05, 0) is 78.2 Å². The topological polar surface area (TPSA) is 9.72 Å². The van der Waals surface area contributed by atoms with Crippen molar-refractivity contribution >= 4 is 63.8 Å². The van der Waals surface area contributed by atoms with E-state index in [4.69, 9.17) is 0 Å². The molecule has 0 unspecified atom stereocenters. The molecule has 0 radical (unpaired) electrons. The summed E-state index contributed by atoms with van der Waals surface area (Å²) in [5.74, 6) is 2.38. The monoisotopic (exact) mass is 573 g/mol. The molecule has 1 fully saturated rings. The summed E-state index contributed by atoms with van der Waals surface area (Å²) in [5, 5.41) is 4.40. The van der Waals surface area contributed by atoms with E-state index >= 15 is 0 Å². The van der Waals surface area contributed by atoms with Crippen LogP contribution in [0.1, 0.15) is 13.8 Å². The largest absolute Gasteiger partial charge is 1.00 e. The Hall–Kier alpha value is -1.52. The fraction of sp³-hybridized carbons (Fsp3) is 0.400. The quantitative estimate of drug-likeness (QED) is 0.401. The molecular formula is C30H41ClN3PS2. The van der Waals surface area contributed by atoms with Crippen molar-refractivity contribution in [2.45, 2.75) is 18.2 Å². The minimum absolute atomic E-state index is 0. The molecular weight excluding hydrogens is 533 g/mol. The smallest absolute Gasteiger partial charge is 0.174 e. The summed E-state index contributed by atoms with van der Waals surface area (Å²) in [6.07, 6.45) is 0. The fourth-order valence-electron chi connectivity index (χ4n) is 4.68. The summed E-state index contributed by atoms with van der Waals surface area (Å²) in [6, 6.07) is 28.2. The molecule has 3 aromatic rings. The second kappa shape index (κ2) is 12.1. The summed E-state index contributed by atoms with van der Waals surface area (Å²) >= 11 is 4.35. The van der Waals surface area contributed by atoms with Crippen LogP contribution in [0.15, 0.2) is 72.8 Å². The van der Waals surface area contributed by atoms with Gasteiger partial charge in [0.25, 0.3) is 0 Å². The number of anilines is 3. The molecule has 0 saturated carbocycles. The third-order valence-corrected chi connectivity index (χ3v) is 16.9. The molecule has 0 atom stereocenters. The van der Waals surface area contributed by atoms with Crippen LogP contribution in [0.4, 0.5) is 17.1 Å². The molecule has 0 bridgehead atoms. The minimum atomic E-state index is -1.96. The van der Waals surface area contributed by atoms with Gasteiger partial charge in [-0.25, -0.2) is 0 Å². The third-order valence-electron chi connectivity index (χ3n) is 6.87. The first-order valence-electron chi connectivity index (χ1n) is 12.5. The molecule has 1 aliphatic rings. The molecule has 1 saturated heterocycles. The van der Waals surface area contributed by atoms with Gasteiger partial charge < -0.3 is 27.1 Å². The molecule has 0 spiro atoms. The van der Waals surface area contributed by atoms with Gasteiger partial charge in [0.1, 0.15) is 23.2 Å². The van der Waals surface area contributed by atoms with E-state index in [1.54, 1.807) is 0 Å². The molecule has 200 valence electrons. The van der Waals surface area contributed by atoms with Crippen LogP contribution < -0.4 is 43.0 Å². The summed E-state index contributed by atoms with van der Waals surface area (Å²) < 4.78 is 0.478. The third kappa shape index (κ3) is 6.22. The number of thioether (sulfide) groups is 2. The molecule has 3 aromatic carbocycles. The minimum Gasteiger partial charge on any atom is -1.00 e. The normalized spacial score (nSPS) is 15.6. The Balaban J connectivity index is 0.00000380. The maximum Gasteiger partial charge on any atom is 0.174 e. The maximum atomic E-state index is 2.41.